The van der Waals surface area contributed by atoms with Gasteiger partial charge in [-0.25, -0.2) is 0 Å². The second kappa shape index (κ2) is 6.95. The maximum Gasteiger partial charge on any atom is 0.129 e. The number of aryl methyl sites for hydroxylation is 2. The Morgan fingerprint density at radius 1 is 1.04 bits per heavy atom. The van der Waals surface area contributed by atoms with E-state index >= 15 is 0 Å². The van der Waals surface area contributed by atoms with Crippen LogP contribution in [0.2, 0.25) is 0 Å². The molecule has 0 bridgehead atoms. The van der Waals surface area contributed by atoms with Crippen molar-refractivity contribution in [1.82, 2.24) is 0 Å². The van der Waals surface area contributed by atoms with Crippen molar-refractivity contribution in [2.45, 2.75) is 33.6 Å². The Bertz CT molecular complexity index is 824. The molecule has 114 valence electrons. The summed E-state index contributed by atoms with van der Waals surface area (Å²) in [7, 11) is 0. The van der Waals surface area contributed by atoms with Crippen LogP contribution < -0.4 is 0 Å². The lowest BCUT2D eigenvalue weighted by Crippen LogP contribution is -1.84. The van der Waals surface area contributed by atoms with Gasteiger partial charge in [0.25, 0.3) is 0 Å². The summed E-state index contributed by atoms with van der Waals surface area (Å²) in [5, 5.41) is 17.6. The van der Waals surface area contributed by atoms with Crippen molar-refractivity contribution in [1.29, 1.82) is 10.5 Å². The highest BCUT2D eigenvalue weighted by Gasteiger charge is 2.14. The zero-order valence-corrected chi connectivity index (χ0v) is 14.0. The standard InChI is InChI=1S/C21H20N2/c1-14(2)18-9-8-15(3)21-19(10-16(4)20(21)11-18)7-5-6-17(12-22)13-23/h5-11,14H,1-4H3/b7-5+. The molecule has 2 heteroatoms. The van der Waals surface area contributed by atoms with Crippen molar-refractivity contribution in [2.75, 3.05) is 0 Å². The van der Waals surface area contributed by atoms with E-state index in [1.54, 1.807) is 12.2 Å². The summed E-state index contributed by atoms with van der Waals surface area (Å²) in [5.74, 6) is 0.482. The quantitative estimate of drug-likeness (QED) is 0.553. The Morgan fingerprint density at radius 3 is 2.35 bits per heavy atom. The van der Waals surface area contributed by atoms with E-state index in [0.717, 1.165) is 5.56 Å². The monoisotopic (exact) mass is 300 g/mol. The average molecular weight is 300 g/mol. The Labute approximate surface area is 138 Å². The van der Waals surface area contributed by atoms with Crippen LogP contribution in [0.3, 0.4) is 0 Å². The first-order valence-corrected chi connectivity index (χ1v) is 7.70. The molecule has 0 amide bonds. The second-order valence-electron chi connectivity index (χ2n) is 6.05. The summed E-state index contributed by atoms with van der Waals surface area (Å²) >= 11 is 0. The first kappa shape index (κ1) is 16.5. The van der Waals surface area contributed by atoms with Crippen molar-refractivity contribution >= 4 is 6.08 Å². The predicted octanol–water partition coefficient (Wildman–Crippen LogP) is 5.52. The molecule has 2 aliphatic carbocycles. The molecule has 0 radical (unpaired) electrons. The lowest BCUT2D eigenvalue weighted by atomic mass is 10.0. The van der Waals surface area contributed by atoms with Gasteiger partial charge in [0, 0.05) is 0 Å². The van der Waals surface area contributed by atoms with Crippen molar-refractivity contribution in [3.05, 3.63) is 64.2 Å². The third-order valence-corrected chi connectivity index (χ3v) is 4.03. The highest BCUT2D eigenvalue weighted by molar-refractivity contribution is 5.84. The van der Waals surface area contributed by atoms with Gasteiger partial charge in [0.2, 0.25) is 0 Å². The molecule has 0 saturated heterocycles. The molecular weight excluding hydrogens is 280 g/mol. The highest BCUT2D eigenvalue weighted by atomic mass is 14.3. The first-order valence-electron chi connectivity index (χ1n) is 7.70. The van der Waals surface area contributed by atoms with Crippen LogP contribution in [0, 0.1) is 36.5 Å². The predicted molar refractivity (Wildman–Crippen MR) is 95.0 cm³/mol. The number of nitrogens with zero attached hydrogens (tertiary/aromatic N) is 2. The average Bonchev–Trinajstić information content (AvgIpc) is 2.71. The molecule has 0 heterocycles. The first-order chi connectivity index (χ1) is 11.0. The molecule has 23 heavy (non-hydrogen) atoms. The minimum atomic E-state index is 0.109. The fourth-order valence-electron chi connectivity index (χ4n) is 2.72. The van der Waals surface area contributed by atoms with Crippen LogP contribution in [-0.2, 0) is 0 Å². The molecule has 0 atom stereocenters. The van der Waals surface area contributed by atoms with Crippen LogP contribution in [0.4, 0.5) is 0 Å². The van der Waals surface area contributed by atoms with Gasteiger partial charge in [0.1, 0.15) is 17.7 Å². The molecule has 0 unspecified atom stereocenters. The zero-order chi connectivity index (χ0) is 17.0. The van der Waals surface area contributed by atoms with Crippen molar-refractivity contribution < 1.29 is 0 Å². The lowest BCUT2D eigenvalue weighted by Gasteiger charge is -2.04. The van der Waals surface area contributed by atoms with Crippen LogP contribution in [-0.4, -0.2) is 0 Å². The summed E-state index contributed by atoms with van der Waals surface area (Å²) in [4.78, 5) is 0. The van der Waals surface area contributed by atoms with Gasteiger partial charge in [-0.1, -0.05) is 50.3 Å². The van der Waals surface area contributed by atoms with Crippen LogP contribution >= 0.6 is 0 Å². The largest absolute Gasteiger partial charge is 0.192 e. The number of allylic oxidation sites excluding steroid dienone is 3. The van der Waals surface area contributed by atoms with Crippen LogP contribution in [0.5, 0.6) is 0 Å². The van der Waals surface area contributed by atoms with E-state index in [0.29, 0.717) is 5.92 Å². The number of fused-ring (bicyclic) bond motifs is 1. The molecule has 0 fully saturated rings. The van der Waals surface area contributed by atoms with E-state index in [4.69, 9.17) is 10.5 Å². The van der Waals surface area contributed by atoms with Gasteiger partial charge in [0.05, 0.1) is 0 Å². The molecule has 0 aromatic heterocycles. The van der Waals surface area contributed by atoms with Crippen molar-refractivity contribution in [3.8, 4) is 23.3 Å². The molecule has 0 N–H and O–H groups in total. The maximum absolute atomic E-state index is 8.78. The van der Waals surface area contributed by atoms with Gasteiger partial charge in [-0.3, -0.25) is 0 Å². The molecule has 2 rings (SSSR count). The van der Waals surface area contributed by atoms with Crippen molar-refractivity contribution in [2.24, 2.45) is 0 Å². The Hall–Kier alpha value is -2.84. The number of nitriles is 2. The van der Waals surface area contributed by atoms with E-state index in [1.807, 2.05) is 18.2 Å². The molecule has 0 aromatic carbocycles. The summed E-state index contributed by atoms with van der Waals surface area (Å²) in [6.45, 7) is 8.64. The normalized spacial score (nSPS) is 10.7. The second-order valence-corrected chi connectivity index (χ2v) is 6.05. The van der Waals surface area contributed by atoms with Crippen LogP contribution in [0.15, 0.2) is 42.0 Å². The summed E-state index contributed by atoms with van der Waals surface area (Å²) < 4.78 is 0. The molecular formula is C21H20N2. The number of rotatable bonds is 3. The van der Waals surface area contributed by atoms with E-state index in [2.05, 4.69) is 52.0 Å². The summed E-state index contributed by atoms with van der Waals surface area (Å²) in [5.41, 5.74) is 7.51. The van der Waals surface area contributed by atoms with Gasteiger partial charge < -0.3 is 0 Å². The van der Waals surface area contributed by atoms with Gasteiger partial charge in [-0.2, -0.15) is 10.5 Å². The molecule has 0 saturated carbocycles. The molecule has 2 aliphatic rings. The molecule has 2 nitrogen and oxygen atoms in total. The number of hydrogen-bond acceptors (Lipinski definition) is 2. The van der Waals surface area contributed by atoms with E-state index in [9.17, 15) is 0 Å². The topological polar surface area (TPSA) is 47.6 Å². The molecule has 0 aromatic rings. The minimum absolute atomic E-state index is 0.109. The fraction of sp³-hybridized carbons (Fsp3) is 0.238. The van der Waals surface area contributed by atoms with Crippen molar-refractivity contribution in [3.63, 3.8) is 0 Å². The minimum Gasteiger partial charge on any atom is -0.192 e. The van der Waals surface area contributed by atoms with Gasteiger partial charge >= 0.3 is 0 Å². The zero-order valence-electron chi connectivity index (χ0n) is 14.0. The highest BCUT2D eigenvalue weighted by Crippen LogP contribution is 2.36. The van der Waals surface area contributed by atoms with Gasteiger partial charge in [-0.05, 0) is 59.2 Å². The lowest BCUT2D eigenvalue weighted by molar-refractivity contribution is 0.868. The SMILES string of the molecule is Cc1cc(/C=C/C=C(C#N)C#N)c2c(C)ccc(C(C)C)cc1-2. The van der Waals surface area contributed by atoms with Crippen LogP contribution in [0.25, 0.3) is 17.2 Å². The number of hydrogen-bond donors (Lipinski definition) is 0. The maximum atomic E-state index is 8.78. The van der Waals surface area contributed by atoms with E-state index in [-0.39, 0.29) is 5.57 Å². The smallest absolute Gasteiger partial charge is 0.129 e. The summed E-state index contributed by atoms with van der Waals surface area (Å²) in [6, 6.07) is 12.5. The Balaban J connectivity index is 2.55. The fourth-order valence-corrected chi connectivity index (χ4v) is 2.72. The van der Waals surface area contributed by atoms with Crippen LogP contribution in [0.1, 0.15) is 42.0 Å². The van der Waals surface area contributed by atoms with E-state index < -0.39 is 0 Å². The molecule has 0 spiro atoms. The third kappa shape index (κ3) is 3.50. The van der Waals surface area contributed by atoms with E-state index in [1.165, 1.54) is 27.8 Å². The Morgan fingerprint density at radius 2 is 1.74 bits per heavy atom. The molecule has 0 aliphatic heterocycles. The summed E-state index contributed by atoms with van der Waals surface area (Å²) in [6.07, 6.45) is 5.28. The Kier molecular flexibility index (Phi) is 4.99. The third-order valence-electron chi connectivity index (χ3n) is 4.03. The van der Waals surface area contributed by atoms with Gasteiger partial charge in [0.15, 0.2) is 0 Å². The van der Waals surface area contributed by atoms with Gasteiger partial charge in [-0.15, -0.1) is 0 Å².